The lowest BCUT2D eigenvalue weighted by Gasteiger charge is -2.43. The lowest BCUT2D eigenvalue weighted by atomic mass is 9.63. The van der Waals surface area contributed by atoms with Gasteiger partial charge >= 0.3 is 0 Å². The van der Waals surface area contributed by atoms with Gasteiger partial charge in [0.15, 0.2) is 0 Å². The van der Waals surface area contributed by atoms with Crippen LogP contribution in [0.3, 0.4) is 0 Å². The molecular weight excluding hydrogens is 236 g/mol. The topological polar surface area (TPSA) is 35.2 Å². The molecule has 0 radical (unpaired) electrons. The normalized spacial score (nSPS) is 18.3. The van der Waals surface area contributed by atoms with Crippen LogP contribution in [0.25, 0.3) is 0 Å². The van der Waals surface area contributed by atoms with E-state index in [4.69, 9.17) is 10.5 Å². The number of methoxy groups -OCH3 is 1. The summed E-state index contributed by atoms with van der Waals surface area (Å²) in [4.78, 5) is 0. The van der Waals surface area contributed by atoms with Crippen molar-refractivity contribution in [3.05, 3.63) is 29.3 Å². The summed E-state index contributed by atoms with van der Waals surface area (Å²) < 4.78 is 32.8. The number of hydrogen-bond acceptors (Lipinski definition) is 2. The second-order valence-corrected chi connectivity index (χ2v) is 5.11. The summed E-state index contributed by atoms with van der Waals surface area (Å²) in [6.07, 6.45) is 2.79. The van der Waals surface area contributed by atoms with E-state index in [0.29, 0.717) is 12.1 Å². The van der Waals surface area contributed by atoms with E-state index in [-0.39, 0.29) is 16.7 Å². The fraction of sp³-hybridized carbons (Fsp3) is 0.571. The van der Waals surface area contributed by atoms with E-state index in [1.807, 2.05) is 0 Å². The average Bonchev–Trinajstić information content (AvgIpc) is 2.26. The number of hydrogen-bond donors (Lipinski definition) is 1. The molecule has 0 amide bonds. The van der Waals surface area contributed by atoms with Gasteiger partial charge in [0.05, 0.1) is 12.7 Å². The van der Waals surface area contributed by atoms with Crippen LogP contribution in [-0.4, -0.2) is 13.7 Å². The Kier molecular flexibility index (Phi) is 3.32. The van der Waals surface area contributed by atoms with Crippen LogP contribution in [0.15, 0.2) is 18.2 Å². The molecule has 0 spiro atoms. The molecule has 1 aliphatic carbocycles. The van der Waals surface area contributed by atoms with Gasteiger partial charge in [-0.05, 0) is 24.5 Å². The molecule has 1 saturated carbocycles. The van der Waals surface area contributed by atoms with Crippen LogP contribution in [0, 0.1) is 0 Å². The third-order valence-corrected chi connectivity index (χ3v) is 3.96. The molecule has 100 valence electrons. The number of benzene rings is 1. The Bertz CT molecular complexity index is 430. The number of nitrogens with two attached hydrogens (primary N) is 1. The minimum absolute atomic E-state index is 0.00218. The van der Waals surface area contributed by atoms with Crippen molar-refractivity contribution in [1.29, 1.82) is 0 Å². The molecule has 0 unspecified atom stereocenters. The predicted octanol–water partition coefficient (Wildman–Crippen LogP) is 3.19. The lowest BCUT2D eigenvalue weighted by molar-refractivity contribution is 0.0117. The highest BCUT2D eigenvalue weighted by molar-refractivity contribution is 5.48. The molecule has 1 fully saturated rings. The van der Waals surface area contributed by atoms with Crippen LogP contribution >= 0.6 is 0 Å². The molecule has 0 aromatic heterocycles. The first-order valence-corrected chi connectivity index (χ1v) is 6.20. The minimum atomic E-state index is -2.92. The van der Waals surface area contributed by atoms with Crippen LogP contribution < -0.4 is 10.5 Å². The van der Waals surface area contributed by atoms with Crippen LogP contribution in [-0.2, 0) is 11.3 Å². The van der Waals surface area contributed by atoms with Crippen molar-refractivity contribution < 1.29 is 13.5 Å². The summed E-state index contributed by atoms with van der Waals surface area (Å²) in [6, 6.07) is 5.11. The largest absolute Gasteiger partial charge is 0.496 e. The third kappa shape index (κ3) is 1.99. The quantitative estimate of drug-likeness (QED) is 0.896. The van der Waals surface area contributed by atoms with Crippen LogP contribution in [0.2, 0.25) is 0 Å². The Morgan fingerprint density at radius 2 is 2.06 bits per heavy atom. The minimum Gasteiger partial charge on any atom is -0.496 e. The van der Waals surface area contributed by atoms with E-state index in [0.717, 1.165) is 26.2 Å². The number of halogens is 2. The highest BCUT2D eigenvalue weighted by Gasteiger charge is 2.43. The molecular formula is C14H19F2NO. The van der Waals surface area contributed by atoms with E-state index >= 15 is 0 Å². The molecule has 0 atom stereocenters. The van der Waals surface area contributed by atoms with E-state index in [1.54, 1.807) is 18.2 Å². The monoisotopic (exact) mass is 255 g/mol. The smallest absolute Gasteiger partial charge is 0.274 e. The van der Waals surface area contributed by atoms with Gasteiger partial charge in [0.1, 0.15) is 5.75 Å². The van der Waals surface area contributed by atoms with Gasteiger partial charge in [-0.1, -0.05) is 18.6 Å². The highest BCUT2D eigenvalue weighted by atomic mass is 19.3. The van der Waals surface area contributed by atoms with Crippen molar-refractivity contribution in [2.75, 3.05) is 13.7 Å². The first-order chi connectivity index (χ1) is 8.44. The van der Waals surface area contributed by atoms with E-state index < -0.39 is 5.92 Å². The predicted molar refractivity (Wildman–Crippen MR) is 67.1 cm³/mol. The first kappa shape index (κ1) is 13.3. The lowest BCUT2D eigenvalue weighted by Crippen LogP contribution is -2.43. The van der Waals surface area contributed by atoms with Gasteiger partial charge in [-0.15, -0.1) is 0 Å². The summed E-state index contributed by atoms with van der Waals surface area (Å²) in [5.74, 6) is -2.67. The molecule has 0 saturated heterocycles. The second-order valence-electron chi connectivity index (χ2n) is 5.11. The van der Waals surface area contributed by atoms with Gasteiger partial charge in [-0.25, -0.2) is 8.78 Å². The Morgan fingerprint density at radius 3 is 2.44 bits per heavy atom. The molecule has 4 heteroatoms. The van der Waals surface area contributed by atoms with Crippen LogP contribution in [0.5, 0.6) is 5.75 Å². The molecule has 1 aromatic carbocycles. The van der Waals surface area contributed by atoms with Crippen molar-refractivity contribution in [3.8, 4) is 5.75 Å². The van der Waals surface area contributed by atoms with E-state index in [9.17, 15) is 8.78 Å². The summed E-state index contributed by atoms with van der Waals surface area (Å²) in [5, 5.41) is 0. The van der Waals surface area contributed by atoms with Gasteiger partial charge in [0.2, 0.25) is 0 Å². The van der Waals surface area contributed by atoms with E-state index in [2.05, 4.69) is 0 Å². The first-order valence-electron chi connectivity index (χ1n) is 6.20. The molecule has 0 aliphatic heterocycles. The zero-order valence-corrected chi connectivity index (χ0v) is 10.8. The zero-order valence-electron chi connectivity index (χ0n) is 10.8. The Balaban J connectivity index is 2.60. The van der Waals surface area contributed by atoms with Gasteiger partial charge in [-0.2, -0.15) is 0 Å². The fourth-order valence-electron chi connectivity index (χ4n) is 2.78. The second kappa shape index (κ2) is 4.50. The molecule has 0 heterocycles. The SMILES string of the molecule is COc1cccc(C2(CN)CCC2)c1C(C)(F)F. The fourth-order valence-corrected chi connectivity index (χ4v) is 2.78. The average molecular weight is 255 g/mol. The molecule has 2 rings (SSSR count). The molecule has 1 aromatic rings. The number of rotatable bonds is 4. The van der Waals surface area contributed by atoms with Crippen molar-refractivity contribution in [1.82, 2.24) is 0 Å². The summed E-state index contributed by atoms with van der Waals surface area (Å²) >= 11 is 0. The summed E-state index contributed by atoms with van der Waals surface area (Å²) in [5.41, 5.74) is 6.18. The molecule has 2 nitrogen and oxygen atoms in total. The van der Waals surface area contributed by atoms with Crippen molar-refractivity contribution in [3.63, 3.8) is 0 Å². The van der Waals surface area contributed by atoms with Gasteiger partial charge in [-0.3, -0.25) is 0 Å². The van der Waals surface area contributed by atoms with Crippen LogP contribution in [0.4, 0.5) is 8.78 Å². The van der Waals surface area contributed by atoms with Crippen molar-refractivity contribution in [2.45, 2.75) is 37.5 Å². The zero-order chi connectivity index (χ0) is 13.4. The molecule has 0 bridgehead atoms. The molecule has 18 heavy (non-hydrogen) atoms. The van der Waals surface area contributed by atoms with Gasteiger partial charge in [0, 0.05) is 18.9 Å². The maximum absolute atomic E-state index is 13.9. The van der Waals surface area contributed by atoms with Crippen LogP contribution in [0.1, 0.15) is 37.3 Å². The number of ether oxygens (including phenoxy) is 1. The summed E-state index contributed by atoms with van der Waals surface area (Å²) in [7, 11) is 1.42. The standard InChI is InChI=1S/C14H19F2NO/c1-13(15,16)12-10(5-3-6-11(12)18-2)14(9-17)7-4-8-14/h3,5-6H,4,7-9,17H2,1-2H3. The van der Waals surface area contributed by atoms with Gasteiger partial charge < -0.3 is 10.5 Å². The molecule has 2 N–H and O–H groups in total. The van der Waals surface area contributed by atoms with Crippen molar-refractivity contribution >= 4 is 0 Å². The Hall–Kier alpha value is -1.16. The summed E-state index contributed by atoms with van der Waals surface area (Å²) in [6.45, 7) is 1.32. The van der Waals surface area contributed by atoms with E-state index in [1.165, 1.54) is 7.11 Å². The third-order valence-electron chi connectivity index (χ3n) is 3.96. The van der Waals surface area contributed by atoms with Gasteiger partial charge in [0.25, 0.3) is 5.92 Å². The highest BCUT2D eigenvalue weighted by Crippen LogP contribution is 2.49. The number of alkyl halides is 2. The Morgan fingerprint density at radius 1 is 1.39 bits per heavy atom. The molecule has 1 aliphatic rings. The Labute approximate surface area is 106 Å². The maximum atomic E-state index is 13.9. The van der Waals surface area contributed by atoms with Crippen molar-refractivity contribution in [2.24, 2.45) is 5.73 Å². The maximum Gasteiger partial charge on any atom is 0.274 e.